The summed E-state index contributed by atoms with van der Waals surface area (Å²) in [7, 11) is 0. The predicted octanol–water partition coefficient (Wildman–Crippen LogP) is 2.07. The molecule has 0 radical (unpaired) electrons. The fraction of sp³-hybridized carbons (Fsp3) is 0.143. The average Bonchev–Trinajstić information content (AvgIpc) is 3.20. The predicted molar refractivity (Wildman–Crippen MR) is 107 cm³/mol. The second-order valence-corrected chi connectivity index (χ2v) is 6.85. The number of hydrogen-bond acceptors (Lipinski definition) is 4. The number of carbonyl (C=O) groups is 4. The van der Waals surface area contributed by atoms with Crippen LogP contribution in [0.1, 0.15) is 27.6 Å². The number of para-hydroxylation sites is 1. The Hall–Kier alpha value is -3.94. The molecule has 146 valence electrons. The van der Waals surface area contributed by atoms with Gasteiger partial charge in [0, 0.05) is 30.5 Å². The number of nitrogens with zero attached hydrogens (tertiary/aromatic N) is 2. The Morgan fingerprint density at radius 3 is 2.41 bits per heavy atom. The molecular weight excluding hydrogens is 372 g/mol. The van der Waals surface area contributed by atoms with E-state index in [1.807, 2.05) is 24.3 Å². The molecule has 1 aliphatic rings. The summed E-state index contributed by atoms with van der Waals surface area (Å²) in [6.45, 7) is 1.47. The third-order valence-corrected chi connectivity index (χ3v) is 4.99. The van der Waals surface area contributed by atoms with E-state index in [1.165, 1.54) is 35.8 Å². The van der Waals surface area contributed by atoms with Crippen LogP contribution in [-0.4, -0.2) is 34.4 Å². The van der Waals surface area contributed by atoms with Crippen LogP contribution in [0.25, 0.3) is 10.9 Å². The summed E-state index contributed by atoms with van der Waals surface area (Å²) in [6, 6.07) is 12.0. The molecule has 29 heavy (non-hydrogen) atoms. The van der Waals surface area contributed by atoms with Crippen LogP contribution in [0.5, 0.6) is 0 Å². The van der Waals surface area contributed by atoms with Gasteiger partial charge in [0.05, 0.1) is 11.2 Å². The third-order valence-electron chi connectivity index (χ3n) is 4.99. The second-order valence-electron chi connectivity index (χ2n) is 6.85. The molecule has 0 bridgehead atoms. The highest BCUT2D eigenvalue weighted by atomic mass is 16.2. The van der Waals surface area contributed by atoms with Gasteiger partial charge in [-0.25, -0.2) is 9.69 Å². The SMILES string of the molecule is CC(=O)n1cc(CC2NC(=O)N(c3ccc(C(N)=O)cc3)C2=O)c2ccccc21. The number of carbonyl (C=O) groups excluding carboxylic acids is 4. The summed E-state index contributed by atoms with van der Waals surface area (Å²) >= 11 is 0. The summed E-state index contributed by atoms with van der Waals surface area (Å²) < 4.78 is 1.53. The first-order chi connectivity index (χ1) is 13.9. The fourth-order valence-electron chi connectivity index (χ4n) is 3.58. The zero-order chi connectivity index (χ0) is 20.7. The van der Waals surface area contributed by atoms with E-state index in [0.29, 0.717) is 5.69 Å². The van der Waals surface area contributed by atoms with Gasteiger partial charge in [-0.1, -0.05) is 18.2 Å². The van der Waals surface area contributed by atoms with Crippen molar-refractivity contribution >= 4 is 40.3 Å². The Morgan fingerprint density at radius 1 is 1.07 bits per heavy atom. The average molecular weight is 390 g/mol. The molecular formula is C21H18N4O4. The molecule has 1 unspecified atom stereocenters. The van der Waals surface area contributed by atoms with Crippen LogP contribution in [0, 0.1) is 0 Å². The maximum absolute atomic E-state index is 12.9. The Bertz CT molecular complexity index is 1160. The van der Waals surface area contributed by atoms with Gasteiger partial charge in [0.1, 0.15) is 6.04 Å². The van der Waals surface area contributed by atoms with Gasteiger partial charge in [-0.15, -0.1) is 0 Å². The van der Waals surface area contributed by atoms with Crippen LogP contribution >= 0.6 is 0 Å². The van der Waals surface area contributed by atoms with Gasteiger partial charge in [0.2, 0.25) is 11.8 Å². The number of nitrogens with two attached hydrogens (primary N) is 1. The first kappa shape index (κ1) is 18.4. The van der Waals surface area contributed by atoms with Gasteiger partial charge >= 0.3 is 6.03 Å². The number of hydrogen-bond donors (Lipinski definition) is 2. The van der Waals surface area contributed by atoms with Crippen LogP contribution < -0.4 is 16.0 Å². The molecule has 1 aromatic heterocycles. The summed E-state index contributed by atoms with van der Waals surface area (Å²) in [5, 5.41) is 3.55. The van der Waals surface area contributed by atoms with Crippen molar-refractivity contribution in [3.05, 3.63) is 65.9 Å². The maximum atomic E-state index is 12.9. The van der Waals surface area contributed by atoms with Gasteiger partial charge in [-0.05, 0) is 35.9 Å². The number of urea groups is 1. The van der Waals surface area contributed by atoms with E-state index >= 15 is 0 Å². The quantitative estimate of drug-likeness (QED) is 0.664. The zero-order valence-corrected chi connectivity index (χ0v) is 15.6. The van der Waals surface area contributed by atoms with E-state index in [1.54, 1.807) is 6.20 Å². The van der Waals surface area contributed by atoms with Crippen molar-refractivity contribution in [1.29, 1.82) is 0 Å². The summed E-state index contributed by atoms with van der Waals surface area (Å²) in [5.41, 5.74) is 7.41. The summed E-state index contributed by atoms with van der Waals surface area (Å²) in [5.74, 6) is -1.12. The smallest absolute Gasteiger partial charge is 0.329 e. The van der Waals surface area contributed by atoms with Crippen molar-refractivity contribution in [2.24, 2.45) is 5.73 Å². The lowest BCUT2D eigenvalue weighted by Gasteiger charge is -2.13. The van der Waals surface area contributed by atoms with Crippen LogP contribution in [0.4, 0.5) is 10.5 Å². The minimum Gasteiger partial charge on any atom is -0.366 e. The number of anilines is 1. The topological polar surface area (TPSA) is 114 Å². The normalized spacial score (nSPS) is 16.3. The number of imide groups is 1. The standard InChI is InChI=1S/C21H18N4O4/c1-12(26)24-11-14(16-4-2-3-5-18(16)24)10-17-20(28)25(21(29)23-17)15-8-6-13(7-9-15)19(22)27/h2-9,11,17H,10H2,1H3,(H2,22,27)(H,23,29). The first-order valence-corrected chi connectivity index (χ1v) is 9.01. The van der Waals surface area contributed by atoms with E-state index in [-0.39, 0.29) is 17.9 Å². The van der Waals surface area contributed by atoms with Crippen molar-refractivity contribution in [2.45, 2.75) is 19.4 Å². The molecule has 1 saturated heterocycles. The largest absolute Gasteiger partial charge is 0.366 e. The minimum atomic E-state index is -0.760. The molecule has 0 spiro atoms. The fourth-order valence-corrected chi connectivity index (χ4v) is 3.58. The van der Waals surface area contributed by atoms with Crippen molar-refractivity contribution in [2.75, 3.05) is 4.90 Å². The molecule has 3 aromatic rings. The molecule has 4 rings (SSSR count). The van der Waals surface area contributed by atoms with Crippen LogP contribution in [0.3, 0.4) is 0 Å². The summed E-state index contributed by atoms with van der Waals surface area (Å²) in [4.78, 5) is 49.5. The van der Waals surface area contributed by atoms with Crippen molar-refractivity contribution in [3.63, 3.8) is 0 Å². The first-order valence-electron chi connectivity index (χ1n) is 9.01. The lowest BCUT2D eigenvalue weighted by Crippen LogP contribution is -2.32. The number of primary amides is 1. The van der Waals surface area contributed by atoms with Crippen molar-refractivity contribution in [3.8, 4) is 0 Å². The van der Waals surface area contributed by atoms with Crippen LogP contribution in [0.2, 0.25) is 0 Å². The zero-order valence-electron chi connectivity index (χ0n) is 15.6. The van der Waals surface area contributed by atoms with Crippen LogP contribution in [-0.2, 0) is 11.2 Å². The van der Waals surface area contributed by atoms with Gasteiger partial charge < -0.3 is 11.1 Å². The highest BCUT2D eigenvalue weighted by molar-refractivity contribution is 6.21. The minimum absolute atomic E-state index is 0.134. The lowest BCUT2D eigenvalue weighted by atomic mass is 10.0. The highest BCUT2D eigenvalue weighted by Crippen LogP contribution is 2.26. The molecule has 3 N–H and O–H groups in total. The Balaban J connectivity index is 1.62. The van der Waals surface area contributed by atoms with Gasteiger partial charge in [-0.2, -0.15) is 0 Å². The van der Waals surface area contributed by atoms with Gasteiger partial charge in [-0.3, -0.25) is 19.0 Å². The van der Waals surface area contributed by atoms with Gasteiger partial charge in [0.25, 0.3) is 5.91 Å². The Kier molecular flexibility index (Phi) is 4.38. The van der Waals surface area contributed by atoms with Crippen molar-refractivity contribution < 1.29 is 19.2 Å². The van der Waals surface area contributed by atoms with E-state index in [0.717, 1.165) is 21.4 Å². The molecule has 2 aromatic carbocycles. The van der Waals surface area contributed by atoms with E-state index in [2.05, 4.69) is 5.32 Å². The monoisotopic (exact) mass is 390 g/mol. The third kappa shape index (κ3) is 3.14. The number of aromatic nitrogens is 1. The Labute approximate surface area is 165 Å². The number of fused-ring (bicyclic) bond motifs is 1. The maximum Gasteiger partial charge on any atom is 0.329 e. The molecule has 8 nitrogen and oxygen atoms in total. The summed E-state index contributed by atoms with van der Waals surface area (Å²) in [6.07, 6.45) is 1.96. The number of benzene rings is 2. The molecule has 1 fully saturated rings. The number of nitrogens with one attached hydrogen (secondary N) is 1. The van der Waals surface area contributed by atoms with E-state index in [9.17, 15) is 19.2 Å². The number of rotatable bonds is 4. The van der Waals surface area contributed by atoms with E-state index < -0.39 is 23.9 Å². The molecule has 1 aliphatic heterocycles. The van der Waals surface area contributed by atoms with E-state index in [4.69, 9.17) is 5.73 Å². The number of amides is 4. The Morgan fingerprint density at radius 2 is 1.76 bits per heavy atom. The second kappa shape index (κ2) is 6.90. The molecule has 1 atom stereocenters. The van der Waals surface area contributed by atoms with Crippen molar-refractivity contribution in [1.82, 2.24) is 9.88 Å². The molecule has 0 aliphatic carbocycles. The molecule has 2 heterocycles. The van der Waals surface area contributed by atoms with Gasteiger partial charge in [0.15, 0.2) is 0 Å². The lowest BCUT2D eigenvalue weighted by molar-refractivity contribution is -0.118. The molecule has 0 saturated carbocycles. The van der Waals surface area contributed by atoms with Crippen LogP contribution in [0.15, 0.2) is 54.7 Å². The molecule has 8 heteroatoms. The molecule has 4 amide bonds. The highest BCUT2D eigenvalue weighted by Gasteiger charge is 2.39.